The smallest absolute Gasteiger partial charge is 0.342 e. The summed E-state index contributed by atoms with van der Waals surface area (Å²) in [5.41, 5.74) is 5.08. The molecule has 3 aromatic carbocycles. The molecule has 5 rings (SSSR count). The summed E-state index contributed by atoms with van der Waals surface area (Å²) in [6, 6.07) is 24.1. The summed E-state index contributed by atoms with van der Waals surface area (Å²) in [5.74, 6) is 0.547. The van der Waals surface area contributed by atoms with Gasteiger partial charge < -0.3 is 9.57 Å². The molecule has 0 spiro atoms. The summed E-state index contributed by atoms with van der Waals surface area (Å²) in [6.45, 7) is 14.7. The monoisotopic (exact) mass is 783 g/mol. The zero-order valence-electron chi connectivity index (χ0n) is 27.0. The molecule has 1 aliphatic rings. The van der Waals surface area contributed by atoms with Crippen molar-refractivity contribution in [3.05, 3.63) is 90.3 Å². The Kier molecular flexibility index (Phi) is 12.3. The Balaban J connectivity index is 0.000000286. The number of pyridine rings is 1. The molecule has 0 aliphatic carbocycles. The van der Waals surface area contributed by atoms with Crippen molar-refractivity contribution in [2.24, 2.45) is 11.8 Å². The topological polar surface area (TPSA) is 67.3 Å². The molecule has 2 heterocycles. The summed E-state index contributed by atoms with van der Waals surface area (Å²) in [7, 11) is -2.08. The predicted octanol–water partition coefficient (Wildman–Crippen LogP) is 8.38. The quantitative estimate of drug-likeness (QED) is 0.0744. The van der Waals surface area contributed by atoms with Crippen molar-refractivity contribution in [2.45, 2.75) is 79.6 Å². The molecule has 4 aromatic rings. The van der Waals surface area contributed by atoms with E-state index in [1.165, 1.54) is 17.0 Å². The van der Waals surface area contributed by atoms with Gasteiger partial charge >= 0.3 is 8.68 Å². The summed E-state index contributed by atoms with van der Waals surface area (Å²) >= 11 is 0. The van der Waals surface area contributed by atoms with Gasteiger partial charge in [0.2, 0.25) is 0 Å². The number of aliphatic hydroxyl groups is 1. The van der Waals surface area contributed by atoms with E-state index >= 15 is 0 Å². The number of nitrogens with zero attached hydrogens (tertiary/aromatic N) is 1. The van der Waals surface area contributed by atoms with E-state index in [4.69, 9.17) is 0 Å². The third kappa shape index (κ3) is 7.42. The number of ketones is 1. The fourth-order valence-electron chi connectivity index (χ4n) is 5.93. The number of benzene rings is 3. The van der Waals surface area contributed by atoms with Crippen LogP contribution in [0.4, 0.5) is 0 Å². The molecule has 0 fully saturated rings. The van der Waals surface area contributed by atoms with Crippen LogP contribution < -0.4 is 10.4 Å². The summed E-state index contributed by atoms with van der Waals surface area (Å²) in [5, 5.41) is 13.9. The number of aromatic nitrogens is 1. The molecule has 0 amide bonds. The maximum atomic E-state index is 13.4. The molecule has 0 saturated carbocycles. The molecule has 0 atom stereocenters. The fourth-order valence-corrected chi connectivity index (χ4v) is 7.79. The van der Waals surface area contributed by atoms with Crippen LogP contribution in [0.3, 0.4) is 0 Å². The summed E-state index contributed by atoms with van der Waals surface area (Å²) in [4.78, 5) is 16.4. The zero-order chi connectivity index (χ0) is 31.3. The van der Waals surface area contributed by atoms with Crippen molar-refractivity contribution in [3.63, 3.8) is 0 Å². The van der Waals surface area contributed by atoms with Crippen LogP contribution in [-0.4, -0.2) is 24.6 Å². The minimum atomic E-state index is -2.08. The van der Waals surface area contributed by atoms with Gasteiger partial charge in [-0.3, -0.25) is 9.78 Å². The van der Waals surface area contributed by atoms with Gasteiger partial charge in [0.1, 0.15) is 0 Å². The van der Waals surface area contributed by atoms with E-state index in [9.17, 15) is 14.4 Å². The minimum Gasteiger partial charge on any atom is -0.512 e. The van der Waals surface area contributed by atoms with Gasteiger partial charge in [-0.05, 0) is 48.3 Å². The number of allylic oxidation sites excluding steroid dienone is 2. The number of carbonyl (C=O) groups is 1. The maximum Gasteiger partial charge on any atom is 0.342 e. The van der Waals surface area contributed by atoms with E-state index in [1.54, 1.807) is 0 Å². The SMILES string of the molecule is CC(C)(C)c1cc(-c2nccc3c2[Si](=O)c2ccccc2-3)[c-]c2ccccc12.CCC(CC)C(=O)/C=C(\O)C(CC)CC.[Ir]. The van der Waals surface area contributed by atoms with Crippen molar-refractivity contribution in [3.8, 4) is 22.4 Å². The standard InChI is InChI=1S/C25H20NOSi.C13H24O2.Ir/c1-25(2,3)21-15-17(14-16-8-4-5-9-18(16)21)23-24-20(12-13-26-23)19-10-6-7-11-22(19)28(24)27;1-5-10(6-2)12(14)9-13(15)11(7-3)8-4;/h4-13,15H,1-3H3;9-11,14H,5-8H2,1-4H3;/q-1;;/b;12-9-;. The minimum absolute atomic E-state index is 0. The van der Waals surface area contributed by atoms with Crippen LogP contribution in [0, 0.1) is 17.9 Å². The Morgan fingerprint density at radius 1 is 0.909 bits per heavy atom. The third-order valence-electron chi connectivity index (χ3n) is 8.56. The normalized spacial score (nSPS) is 12.5. The number of aliphatic hydroxyl groups excluding tert-OH is 1. The Morgan fingerprint density at radius 3 is 2.16 bits per heavy atom. The first-order chi connectivity index (χ1) is 20.5. The first kappa shape index (κ1) is 35.4. The molecule has 0 saturated heterocycles. The number of rotatable bonds is 8. The molecule has 4 nitrogen and oxygen atoms in total. The van der Waals surface area contributed by atoms with E-state index in [0.29, 0.717) is 0 Å². The van der Waals surface area contributed by atoms with E-state index in [2.05, 4.69) is 62.2 Å². The second kappa shape index (κ2) is 15.3. The molecule has 1 N–H and O–H groups in total. The van der Waals surface area contributed by atoms with E-state index in [-0.39, 0.29) is 48.9 Å². The van der Waals surface area contributed by atoms with E-state index in [0.717, 1.165) is 63.8 Å². The third-order valence-corrected chi connectivity index (χ3v) is 10.4. The van der Waals surface area contributed by atoms with Gasteiger partial charge in [-0.25, -0.2) is 0 Å². The van der Waals surface area contributed by atoms with Crippen LogP contribution >= 0.6 is 0 Å². The molecule has 1 radical (unpaired) electrons. The van der Waals surface area contributed by atoms with Crippen LogP contribution in [0.25, 0.3) is 33.2 Å². The molecule has 1 aromatic heterocycles. The van der Waals surface area contributed by atoms with Gasteiger partial charge in [0.25, 0.3) is 0 Å². The van der Waals surface area contributed by atoms with E-state index in [1.807, 2.05) is 64.2 Å². The molecule has 44 heavy (non-hydrogen) atoms. The van der Waals surface area contributed by atoms with Gasteiger partial charge in [-0.2, -0.15) is 0 Å². The molecule has 233 valence electrons. The molecular formula is C38H44IrNO3Si-. The maximum absolute atomic E-state index is 13.4. The number of carbonyl (C=O) groups excluding carboxylic acids is 1. The van der Waals surface area contributed by atoms with Crippen LogP contribution in [0.5, 0.6) is 0 Å². The van der Waals surface area contributed by atoms with Crippen molar-refractivity contribution >= 4 is 35.6 Å². The Bertz CT molecular complexity index is 1660. The average molecular weight is 783 g/mol. The van der Waals surface area contributed by atoms with Crippen molar-refractivity contribution in [1.82, 2.24) is 4.98 Å². The first-order valence-electron chi connectivity index (χ1n) is 15.6. The largest absolute Gasteiger partial charge is 0.512 e. The molecule has 0 bridgehead atoms. The second-order valence-corrected chi connectivity index (χ2v) is 14.0. The summed E-state index contributed by atoms with van der Waals surface area (Å²) in [6.07, 6.45) is 6.73. The van der Waals surface area contributed by atoms with Crippen LogP contribution in [0.2, 0.25) is 0 Å². The van der Waals surface area contributed by atoms with Crippen molar-refractivity contribution < 1.29 is 34.5 Å². The molecule has 1 aliphatic heterocycles. The van der Waals surface area contributed by atoms with Gasteiger partial charge in [-0.1, -0.05) is 102 Å². The van der Waals surface area contributed by atoms with Crippen molar-refractivity contribution in [2.75, 3.05) is 0 Å². The second-order valence-electron chi connectivity index (χ2n) is 12.3. The number of hydrogen-bond acceptors (Lipinski definition) is 4. The van der Waals surface area contributed by atoms with Crippen LogP contribution in [0.1, 0.15) is 79.7 Å². The molecule has 0 unspecified atom stereocenters. The van der Waals surface area contributed by atoms with Crippen LogP contribution in [0.15, 0.2) is 78.7 Å². The Labute approximate surface area is 278 Å². The Morgan fingerprint density at radius 2 is 1.52 bits per heavy atom. The predicted molar refractivity (Wildman–Crippen MR) is 180 cm³/mol. The average Bonchev–Trinajstić information content (AvgIpc) is 3.29. The van der Waals surface area contributed by atoms with Crippen molar-refractivity contribution in [1.29, 1.82) is 0 Å². The molecular weight excluding hydrogens is 739 g/mol. The van der Waals surface area contributed by atoms with Gasteiger partial charge in [-0.15, -0.1) is 29.1 Å². The van der Waals surface area contributed by atoms with Gasteiger partial charge in [0, 0.05) is 60.3 Å². The summed E-state index contributed by atoms with van der Waals surface area (Å²) < 4.78 is 13.4. The van der Waals surface area contributed by atoms with E-state index < -0.39 is 8.68 Å². The van der Waals surface area contributed by atoms with Gasteiger partial charge in [0.15, 0.2) is 5.78 Å². The first-order valence-corrected chi connectivity index (χ1v) is 17.0. The fraction of sp³-hybridized carbons (Fsp3) is 0.368. The van der Waals surface area contributed by atoms with Gasteiger partial charge in [0.05, 0.1) is 5.76 Å². The number of hydrogen-bond donors (Lipinski definition) is 1. The zero-order valence-corrected chi connectivity index (χ0v) is 30.4. The molecule has 6 heteroatoms. The van der Waals surface area contributed by atoms with Crippen LogP contribution in [-0.2, 0) is 34.8 Å². The number of fused-ring (bicyclic) bond motifs is 4. The Hall–Kier alpha value is -3.05.